The number of hydrogen-bond acceptors (Lipinski definition) is 5. The van der Waals surface area contributed by atoms with Crippen LogP contribution in [-0.4, -0.2) is 65.4 Å². The highest BCUT2D eigenvalue weighted by Crippen LogP contribution is 2.22. The zero-order valence-corrected chi connectivity index (χ0v) is 18.7. The molecule has 2 saturated heterocycles. The molecule has 0 bridgehead atoms. The summed E-state index contributed by atoms with van der Waals surface area (Å²) >= 11 is 0. The first-order valence-corrected chi connectivity index (χ1v) is 11.7. The lowest BCUT2D eigenvalue weighted by Gasteiger charge is -2.28. The van der Waals surface area contributed by atoms with Crippen LogP contribution in [0.1, 0.15) is 44.1 Å². The van der Waals surface area contributed by atoms with Crippen LogP contribution < -0.4 is 10.1 Å². The Labute approximate surface area is 190 Å². The second kappa shape index (κ2) is 11.6. The molecule has 0 radical (unpaired) electrons. The summed E-state index contributed by atoms with van der Waals surface area (Å²) < 4.78 is 6.04. The maximum absolute atomic E-state index is 12.4. The molecule has 7 nitrogen and oxygen atoms in total. The lowest BCUT2D eigenvalue weighted by molar-refractivity contribution is 0.207. The number of hydrogen-bond donors (Lipinski definition) is 1. The normalized spacial score (nSPS) is 17.5. The Kier molecular flexibility index (Phi) is 8.09. The van der Waals surface area contributed by atoms with E-state index < -0.39 is 0 Å². The number of nitrogens with zero attached hydrogens (tertiary/aromatic N) is 4. The summed E-state index contributed by atoms with van der Waals surface area (Å²) in [5.74, 6) is 1.40. The Hall–Kier alpha value is -2.93. The average molecular weight is 436 g/mol. The highest BCUT2D eigenvalue weighted by molar-refractivity contribution is 5.88. The molecule has 1 N–H and O–H groups in total. The molecule has 1 aromatic carbocycles. The maximum Gasteiger partial charge on any atom is 0.323 e. The molecule has 1 aromatic heterocycles. The van der Waals surface area contributed by atoms with Gasteiger partial charge in [0.25, 0.3) is 0 Å². The van der Waals surface area contributed by atoms with Crippen molar-refractivity contribution in [3.63, 3.8) is 0 Å². The van der Waals surface area contributed by atoms with Crippen molar-refractivity contribution in [1.82, 2.24) is 20.0 Å². The summed E-state index contributed by atoms with van der Waals surface area (Å²) in [6.07, 6.45) is 10.9. The van der Waals surface area contributed by atoms with E-state index in [1.165, 1.54) is 44.3 Å². The van der Waals surface area contributed by atoms with Crippen molar-refractivity contribution in [2.75, 3.05) is 44.6 Å². The van der Waals surface area contributed by atoms with Crippen LogP contribution in [0, 0.1) is 0 Å². The fourth-order valence-corrected chi connectivity index (χ4v) is 4.28. The topological polar surface area (TPSA) is 70.6 Å². The number of piperidine rings is 1. The van der Waals surface area contributed by atoms with Gasteiger partial charge in [-0.3, -0.25) is 10.2 Å². The third-order valence-electron chi connectivity index (χ3n) is 6.10. The number of rotatable bonds is 6. The van der Waals surface area contributed by atoms with Crippen LogP contribution in [0.3, 0.4) is 0 Å². The first kappa shape index (κ1) is 22.3. The fraction of sp³-hybridized carbons (Fsp3) is 0.480. The predicted octanol–water partition coefficient (Wildman–Crippen LogP) is 4.44. The molecule has 0 aliphatic carbocycles. The zero-order valence-electron chi connectivity index (χ0n) is 18.7. The predicted molar refractivity (Wildman–Crippen MR) is 127 cm³/mol. The highest BCUT2D eigenvalue weighted by atomic mass is 16.5. The molecule has 2 amide bonds. The first-order chi connectivity index (χ1) is 15.8. The third kappa shape index (κ3) is 6.79. The number of anilines is 1. The van der Waals surface area contributed by atoms with E-state index in [0.29, 0.717) is 18.9 Å². The Bertz CT molecular complexity index is 884. The second-order valence-electron chi connectivity index (χ2n) is 8.51. The maximum atomic E-state index is 12.4. The molecule has 7 heteroatoms. The van der Waals surface area contributed by atoms with Gasteiger partial charge >= 0.3 is 6.03 Å². The fourth-order valence-electron chi connectivity index (χ4n) is 4.28. The van der Waals surface area contributed by atoms with Crippen molar-refractivity contribution in [3.8, 4) is 5.75 Å². The Morgan fingerprint density at radius 1 is 1.03 bits per heavy atom. The first-order valence-electron chi connectivity index (χ1n) is 11.7. The van der Waals surface area contributed by atoms with E-state index in [1.807, 2.05) is 11.0 Å². The summed E-state index contributed by atoms with van der Waals surface area (Å²) in [7, 11) is 0. The van der Waals surface area contributed by atoms with Crippen molar-refractivity contribution in [2.24, 2.45) is 0 Å². The van der Waals surface area contributed by atoms with Crippen LogP contribution in [0.4, 0.5) is 10.6 Å². The quantitative estimate of drug-likeness (QED) is 0.726. The molecule has 0 saturated carbocycles. The molecule has 2 aliphatic rings. The van der Waals surface area contributed by atoms with E-state index in [2.05, 4.69) is 44.7 Å². The lowest BCUT2D eigenvalue weighted by Crippen LogP contribution is -2.39. The number of aromatic nitrogens is 2. The van der Waals surface area contributed by atoms with Crippen molar-refractivity contribution in [1.29, 1.82) is 0 Å². The molecule has 2 fully saturated rings. The van der Waals surface area contributed by atoms with E-state index in [4.69, 9.17) is 4.74 Å². The van der Waals surface area contributed by atoms with Crippen LogP contribution in [-0.2, 0) is 0 Å². The summed E-state index contributed by atoms with van der Waals surface area (Å²) in [6, 6.07) is 11.7. The van der Waals surface area contributed by atoms with E-state index in [0.717, 1.165) is 37.3 Å². The molecule has 3 heterocycles. The van der Waals surface area contributed by atoms with Gasteiger partial charge in [0, 0.05) is 25.8 Å². The van der Waals surface area contributed by atoms with E-state index in [9.17, 15) is 4.79 Å². The molecule has 0 spiro atoms. The molecular formula is C25H33N5O2. The smallest absolute Gasteiger partial charge is 0.323 e. The molecule has 0 atom stereocenters. The van der Waals surface area contributed by atoms with Crippen LogP contribution in [0.5, 0.6) is 5.75 Å². The number of carbonyl (C=O) groups is 1. The van der Waals surface area contributed by atoms with Gasteiger partial charge in [-0.05, 0) is 68.6 Å². The Balaban J connectivity index is 1.24. The van der Waals surface area contributed by atoms with Gasteiger partial charge in [-0.15, -0.1) is 5.10 Å². The molecule has 0 unspecified atom stereocenters. The van der Waals surface area contributed by atoms with Gasteiger partial charge < -0.3 is 9.64 Å². The van der Waals surface area contributed by atoms with E-state index >= 15 is 0 Å². The Morgan fingerprint density at radius 3 is 2.59 bits per heavy atom. The van der Waals surface area contributed by atoms with Crippen LogP contribution in [0.25, 0.3) is 6.08 Å². The summed E-state index contributed by atoms with van der Waals surface area (Å²) in [6.45, 7) is 5.52. The highest BCUT2D eigenvalue weighted by Gasteiger charge is 2.19. The van der Waals surface area contributed by atoms with Gasteiger partial charge in [0.1, 0.15) is 12.4 Å². The van der Waals surface area contributed by atoms with Crippen LogP contribution >= 0.6 is 0 Å². The van der Waals surface area contributed by atoms with Crippen LogP contribution in [0.2, 0.25) is 0 Å². The molecule has 32 heavy (non-hydrogen) atoms. The minimum absolute atomic E-state index is 0.121. The standard InChI is InChI=1S/C25H33N5O2/c31-25(27-24-9-6-12-26-28-24)30-15-10-21(11-16-30)19-22-7-5-8-23(20-22)32-18-17-29-13-3-1-2-4-14-29/h5-9,12,19-20H,1-4,10-11,13-18H2,(H,27,28,31). The summed E-state index contributed by atoms with van der Waals surface area (Å²) in [5.41, 5.74) is 2.51. The largest absolute Gasteiger partial charge is 0.492 e. The number of amides is 2. The zero-order chi connectivity index (χ0) is 22.0. The third-order valence-corrected chi connectivity index (χ3v) is 6.10. The van der Waals surface area contributed by atoms with Gasteiger partial charge in [-0.25, -0.2) is 4.79 Å². The van der Waals surface area contributed by atoms with Gasteiger partial charge in [-0.2, -0.15) is 5.10 Å². The van der Waals surface area contributed by atoms with Gasteiger partial charge in [0.15, 0.2) is 5.82 Å². The number of likely N-dealkylation sites (tertiary alicyclic amines) is 2. The Morgan fingerprint density at radius 2 is 1.84 bits per heavy atom. The molecule has 2 aromatic rings. The molecule has 170 valence electrons. The van der Waals surface area contributed by atoms with Crippen LogP contribution in [0.15, 0.2) is 48.2 Å². The van der Waals surface area contributed by atoms with Gasteiger partial charge in [0.05, 0.1) is 0 Å². The summed E-state index contributed by atoms with van der Waals surface area (Å²) in [5, 5.41) is 10.5. The number of carbonyl (C=O) groups excluding carboxylic acids is 1. The molecule has 2 aliphatic heterocycles. The number of benzene rings is 1. The monoisotopic (exact) mass is 435 g/mol. The number of nitrogens with one attached hydrogen (secondary N) is 1. The van der Waals surface area contributed by atoms with Gasteiger partial charge in [-0.1, -0.05) is 36.6 Å². The molecule has 4 rings (SSSR count). The second-order valence-corrected chi connectivity index (χ2v) is 8.51. The van der Waals surface area contributed by atoms with Crippen molar-refractivity contribution in [2.45, 2.75) is 38.5 Å². The van der Waals surface area contributed by atoms with E-state index in [1.54, 1.807) is 18.3 Å². The van der Waals surface area contributed by atoms with E-state index in [-0.39, 0.29) is 6.03 Å². The van der Waals surface area contributed by atoms with Crippen molar-refractivity contribution < 1.29 is 9.53 Å². The van der Waals surface area contributed by atoms with Crippen molar-refractivity contribution in [3.05, 3.63) is 53.7 Å². The summed E-state index contributed by atoms with van der Waals surface area (Å²) in [4.78, 5) is 16.8. The number of ether oxygens (including phenoxy) is 1. The average Bonchev–Trinajstić information content (AvgIpc) is 3.09. The SMILES string of the molecule is O=C(Nc1cccnn1)N1CCC(=Cc2cccc(OCCN3CCCCCC3)c2)CC1. The van der Waals surface area contributed by atoms with Gasteiger partial charge in [0.2, 0.25) is 0 Å². The number of urea groups is 1. The van der Waals surface area contributed by atoms with Crippen molar-refractivity contribution >= 4 is 17.9 Å². The minimum atomic E-state index is -0.121. The minimum Gasteiger partial charge on any atom is -0.492 e. The molecular weight excluding hydrogens is 402 g/mol. The lowest BCUT2D eigenvalue weighted by atomic mass is 10.0.